The number of nitrogens with one attached hydrogen (secondary N) is 1. The number of rotatable bonds is 5. The molecule has 1 heterocycles. The van der Waals surface area contributed by atoms with Crippen molar-refractivity contribution in [2.75, 3.05) is 20.1 Å². The van der Waals surface area contributed by atoms with Crippen LogP contribution in [0.4, 0.5) is 0 Å². The standard InChI is InChI=1S/C15H22N2OS/c1-4-16-11(2)12-5-7-13(8-6-12)19-14-9-10-17(3)15(14)18/h5-8,11,14,16H,4,9-10H2,1-3H3. The van der Waals surface area contributed by atoms with Crippen LogP contribution in [0, 0.1) is 0 Å². The van der Waals surface area contributed by atoms with E-state index in [1.54, 1.807) is 11.8 Å². The van der Waals surface area contributed by atoms with Crippen LogP contribution in [-0.4, -0.2) is 36.2 Å². The predicted molar refractivity (Wildman–Crippen MR) is 80.4 cm³/mol. The number of benzene rings is 1. The summed E-state index contributed by atoms with van der Waals surface area (Å²) in [4.78, 5) is 14.9. The van der Waals surface area contributed by atoms with Crippen molar-refractivity contribution in [3.8, 4) is 0 Å². The number of nitrogens with zero attached hydrogens (tertiary/aromatic N) is 1. The summed E-state index contributed by atoms with van der Waals surface area (Å²) < 4.78 is 0. The van der Waals surface area contributed by atoms with Crippen molar-refractivity contribution in [1.82, 2.24) is 10.2 Å². The van der Waals surface area contributed by atoms with Gasteiger partial charge in [-0.15, -0.1) is 11.8 Å². The molecule has 0 radical (unpaired) electrons. The SMILES string of the molecule is CCNC(C)c1ccc(SC2CCN(C)C2=O)cc1. The van der Waals surface area contributed by atoms with Gasteiger partial charge in [0, 0.05) is 24.5 Å². The van der Waals surface area contributed by atoms with E-state index in [9.17, 15) is 4.79 Å². The molecule has 19 heavy (non-hydrogen) atoms. The van der Waals surface area contributed by atoms with Gasteiger partial charge in [0.1, 0.15) is 0 Å². The molecular formula is C15H22N2OS. The van der Waals surface area contributed by atoms with E-state index in [0.717, 1.165) is 19.5 Å². The molecule has 1 aliphatic heterocycles. The summed E-state index contributed by atoms with van der Waals surface area (Å²) in [7, 11) is 1.88. The van der Waals surface area contributed by atoms with Gasteiger partial charge in [0.15, 0.2) is 0 Å². The largest absolute Gasteiger partial charge is 0.345 e. The highest BCUT2D eigenvalue weighted by Gasteiger charge is 2.29. The zero-order chi connectivity index (χ0) is 13.8. The van der Waals surface area contributed by atoms with Crippen molar-refractivity contribution < 1.29 is 4.79 Å². The minimum absolute atomic E-state index is 0.0991. The Bertz CT molecular complexity index is 432. The Labute approximate surface area is 119 Å². The van der Waals surface area contributed by atoms with Crippen molar-refractivity contribution >= 4 is 17.7 Å². The summed E-state index contributed by atoms with van der Waals surface area (Å²) in [6.45, 7) is 6.14. The number of carbonyl (C=O) groups is 1. The molecular weight excluding hydrogens is 256 g/mol. The van der Waals surface area contributed by atoms with Crippen LogP contribution < -0.4 is 5.32 Å². The summed E-state index contributed by atoms with van der Waals surface area (Å²) in [6, 6.07) is 8.93. The van der Waals surface area contributed by atoms with Gasteiger partial charge >= 0.3 is 0 Å². The highest BCUT2D eigenvalue weighted by molar-refractivity contribution is 8.00. The predicted octanol–water partition coefficient (Wildman–Crippen LogP) is 2.68. The molecule has 0 aromatic heterocycles. The Morgan fingerprint density at radius 2 is 2.11 bits per heavy atom. The van der Waals surface area contributed by atoms with Crippen LogP contribution in [-0.2, 0) is 4.79 Å². The average Bonchev–Trinajstić information content (AvgIpc) is 2.72. The average molecular weight is 278 g/mol. The minimum Gasteiger partial charge on any atom is -0.345 e. The minimum atomic E-state index is 0.0991. The van der Waals surface area contributed by atoms with Gasteiger partial charge < -0.3 is 10.2 Å². The Kier molecular flexibility index (Phi) is 4.88. The van der Waals surface area contributed by atoms with Crippen molar-refractivity contribution in [3.63, 3.8) is 0 Å². The molecule has 4 heteroatoms. The van der Waals surface area contributed by atoms with Crippen molar-refractivity contribution in [2.45, 2.75) is 36.5 Å². The lowest BCUT2D eigenvalue weighted by Gasteiger charge is -2.14. The maximum Gasteiger partial charge on any atom is 0.235 e. The lowest BCUT2D eigenvalue weighted by atomic mass is 10.1. The van der Waals surface area contributed by atoms with E-state index in [1.807, 2.05) is 11.9 Å². The molecule has 2 atom stereocenters. The van der Waals surface area contributed by atoms with Crippen LogP contribution >= 0.6 is 11.8 Å². The Morgan fingerprint density at radius 3 is 2.63 bits per heavy atom. The first-order chi connectivity index (χ1) is 9.11. The van der Waals surface area contributed by atoms with Crippen LogP contribution in [0.5, 0.6) is 0 Å². The molecule has 0 bridgehead atoms. The summed E-state index contributed by atoms with van der Waals surface area (Å²) in [6.07, 6.45) is 0.954. The Hall–Kier alpha value is -1.00. The number of carbonyl (C=O) groups excluding carboxylic acids is 1. The summed E-state index contributed by atoms with van der Waals surface area (Å²) >= 11 is 1.69. The first kappa shape index (κ1) is 14.4. The maximum absolute atomic E-state index is 11.9. The fraction of sp³-hybridized carbons (Fsp3) is 0.533. The summed E-state index contributed by atoms with van der Waals surface area (Å²) in [5.41, 5.74) is 1.29. The molecule has 1 fully saturated rings. The number of amides is 1. The normalized spacial score (nSPS) is 20.9. The molecule has 1 aromatic carbocycles. The maximum atomic E-state index is 11.9. The fourth-order valence-electron chi connectivity index (χ4n) is 2.32. The van der Waals surface area contributed by atoms with Gasteiger partial charge in [0.25, 0.3) is 0 Å². The van der Waals surface area contributed by atoms with Crippen molar-refractivity contribution in [2.24, 2.45) is 0 Å². The van der Waals surface area contributed by atoms with Gasteiger partial charge in [-0.25, -0.2) is 0 Å². The van der Waals surface area contributed by atoms with Crippen LogP contribution in [0.3, 0.4) is 0 Å². The van der Waals surface area contributed by atoms with Gasteiger partial charge in [0.05, 0.1) is 5.25 Å². The van der Waals surface area contributed by atoms with E-state index >= 15 is 0 Å². The smallest absolute Gasteiger partial charge is 0.235 e. The Morgan fingerprint density at radius 1 is 1.42 bits per heavy atom. The van der Waals surface area contributed by atoms with Crippen LogP contribution in [0.15, 0.2) is 29.2 Å². The van der Waals surface area contributed by atoms with Crippen molar-refractivity contribution in [3.05, 3.63) is 29.8 Å². The first-order valence-electron chi connectivity index (χ1n) is 6.86. The lowest BCUT2D eigenvalue weighted by Crippen LogP contribution is -2.23. The quantitative estimate of drug-likeness (QED) is 0.899. The molecule has 2 unspecified atom stereocenters. The van der Waals surface area contributed by atoms with Crippen molar-refractivity contribution in [1.29, 1.82) is 0 Å². The van der Waals surface area contributed by atoms with E-state index in [1.165, 1.54) is 10.5 Å². The lowest BCUT2D eigenvalue weighted by molar-refractivity contribution is -0.126. The topological polar surface area (TPSA) is 32.3 Å². The van der Waals surface area contributed by atoms with E-state index in [-0.39, 0.29) is 11.2 Å². The third-order valence-electron chi connectivity index (χ3n) is 3.55. The van der Waals surface area contributed by atoms with Gasteiger partial charge in [-0.2, -0.15) is 0 Å². The molecule has 1 saturated heterocycles. The van der Waals surface area contributed by atoms with E-state index in [2.05, 4.69) is 43.4 Å². The highest BCUT2D eigenvalue weighted by atomic mass is 32.2. The second kappa shape index (κ2) is 6.44. The number of hydrogen-bond acceptors (Lipinski definition) is 3. The van der Waals surface area contributed by atoms with Gasteiger partial charge in [0.2, 0.25) is 5.91 Å². The molecule has 1 amide bonds. The highest BCUT2D eigenvalue weighted by Crippen LogP contribution is 2.30. The number of hydrogen-bond donors (Lipinski definition) is 1. The second-order valence-corrected chi connectivity index (χ2v) is 6.28. The molecule has 0 spiro atoms. The summed E-state index contributed by atoms with van der Waals surface area (Å²) in [5.74, 6) is 0.259. The Balaban J connectivity index is 1.97. The molecule has 2 rings (SSSR count). The first-order valence-corrected chi connectivity index (χ1v) is 7.74. The molecule has 104 valence electrons. The monoisotopic (exact) mass is 278 g/mol. The number of likely N-dealkylation sites (tertiary alicyclic amines) is 1. The second-order valence-electron chi connectivity index (χ2n) is 5.00. The van der Waals surface area contributed by atoms with Gasteiger partial charge in [-0.1, -0.05) is 19.1 Å². The van der Waals surface area contributed by atoms with E-state index in [0.29, 0.717) is 6.04 Å². The van der Waals surface area contributed by atoms with Crippen LogP contribution in [0.1, 0.15) is 31.9 Å². The molecule has 1 aliphatic rings. The molecule has 1 N–H and O–H groups in total. The molecule has 1 aromatic rings. The van der Waals surface area contributed by atoms with Crippen LogP contribution in [0.25, 0.3) is 0 Å². The zero-order valence-corrected chi connectivity index (χ0v) is 12.7. The zero-order valence-electron chi connectivity index (χ0n) is 11.8. The third kappa shape index (κ3) is 3.51. The van der Waals surface area contributed by atoms with E-state index < -0.39 is 0 Å². The molecule has 3 nitrogen and oxygen atoms in total. The summed E-state index contributed by atoms with van der Waals surface area (Å²) in [5, 5.41) is 3.50. The van der Waals surface area contributed by atoms with Crippen LogP contribution in [0.2, 0.25) is 0 Å². The van der Waals surface area contributed by atoms with Gasteiger partial charge in [-0.05, 0) is 37.6 Å². The molecule has 0 aliphatic carbocycles. The van der Waals surface area contributed by atoms with E-state index in [4.69, 9.17) is 0 Å². The fourth-order valence-corrected chi connectivity index (χ4v) is 3.45. The number of thioether (sulfide) groups is 1. The third-order valence-corrected chi connectivity index (χ3v) is 4.81. The van der Waals surface area contributed by atoms with Gasteiger partial charge in [-0.3, -0.25) is 4.79 Å². The molecule has 0 saturated carbocycles.